The Hall–Kier alpha value is -2.16. The van der Waals surface area contributed by atoms with Crippen LogP contribution in [-0.4, -0.2) is 16.4 Å². The van der Waals surface area contributed by atoms with Crippen molar-refractivity contribution in [1.29, 1.82) is 0 Å². The molecule has 0 fully saturated rings. The molecule has 0 saturated heterocycles. The molecule has 17 heavy (non-hydrogen) atoms. The highest BCUT2D eigenvalue weighted by atomic mass is 16.3. The average molecular weight is 227 g/mol. The minimum Gasteiger partial charge on any atom is -0.507 e. The maximum Gasteiger partial charge on any atom is 0.154 e. The number of hydrogen-bond acceptors (Lipinski definition) is 3. The first-order chi connectivity index (χ1) is 8.27. The first kappa shape index (κ1) is 11.3. The molecule has 0 aliphatic heterocycles. The van der Waals surface area contributed by atoms with Crippen LogP contribution in [-0.2, 0) is 6.42 Å². The van der Waals surface area contributed by atoms with Gasteiger partial charge in [-0.1, -0.05) is 19.1 Å². The minimum atomic E-state index is 0.0804. The van der Waals surface area contributed by atoms with E-state index in [-0.39, 0.29) is 5.75 Å². The molecule has 0 amide bonds. The number of phenols is 1. The van der Waals surface area contributed by atoms with Gasteiger partial charge in [-0.2, -0.15) is 0 Å². The van der Waals surface area contributed by atoms with E-state index < -0.39 is 0 Å². The minimum absolute atomic E-state index is 0.0804. The molecule has 1 heterocycles. The zero-order valence-corrected chi connectivity index (χ0v) is 9.55. The molecule has 0 saturated carbocycles. The molecule has 86 valence electrons. The van der Waals surface area contributed by atoms with Gasteiger partial charge in [-0.3, -0.25) is 9.78 Å². The third-order valence-electron chi connectivity index (χ3n) is 2.79. The fourth-order valence-corrected chi connectivity index (χ4v) is 1.84. The lowest BCUT2D eigenvalue weighted by atomic mass is 9.97. The van der Waals surface area contributed by atoms with Crippen LogP contribution in [0.4, 0.5) is 0 Å². The third kappa shape index (κ3) is 2.04. The van der Waals surface area contributed by atoms with Crippen molar-refractivity contribution in [1.82, 2.24) is 4.98 Å². The molecule has 0 spiro atoms. The number of pyridine rings is 1. The van der Waals surface area contributed by atoms with Gasteiger partial charge in [0.25, 0.3) is 0 Å². The summed E-state index contributed by atoms with van der Waals surface area (Å²) in [6.07, 6.45) is 4.72. The first-order valence-corrected chi connectivity index (χ1v) is 5.48. The summed E-state index contributed by atoms with van der Waals surface area (Å²) < 4.78 is 0. The Morgan fingerprint density at radius 1 is 1.24 bits per heavy atom. The highest BCUT2D eigenvalue weighted by Gasteiger charge is 2.12. The van der Waals surface area contributed by atoms with Gasteiger partial charge in [0.05, 0.1) is 5.56 Å². The lowest BCUT2D eigenvalue weighted by Gasteiger charge is -2.10. The quantitative estimate of drug-likeness (QED) is 0.820. The van der Waals surface area contributed by atoms with Crippen LogP contribution in [0, 0.1) is 0 Å². The van der Waals surface area contributed by atoms with Crippen LogP contribution in [0.5, 0.6) is 5.75 Å². The van der Waals surface area contributed by atoms with E-state index in [0.29, 0.717) is 18.3 Å². The number of aryl methyl sites for hydroxylation is 1. The maximum atomic E-state index is 11.1. The first-order valence-electron chi connectivity index (χ1n) is 5.48. The predicted octanol–water partition coefficient (Wildman–Crippen LogP) is 2.83. The second-order valence-electron chi connectivity index (χ2n) is 3.74. The van der Waals surface area contributed by atoms with Crippen LogP contribution < -0.4 is 0 Å². The Labute approximate surface area is 99.8 Å². The van der Waals surface area contributed by atoms with Gasteiger partial charge in [0.2, 0.25) is 0 Å². The Morgan fingerprint density at radius 2 is 1.94 bits per heavy atom. The molecule has 0 unspecified atom stereocenters. The van der Waals surface area contributed by atoms with Crippen molar-refractivity contribution in [2.45, 2.75) is 13.3 Å². The van der Waals surface area contributed by atoms with Crippen molar-refractivity contribution in [2.75, 3.05) is 0 Å². The summed E-state index contributed by atoms with van der Waals surface area (Å²) in [5, 5.41) is 9.98. The SMILES string of the molecule is CCc1ccc(-c2ccncc2)c(C=O)c1O. The van der Waals surface area contributed by atoms with E-state index in [2.05, 4.69) is 4.98 Å². The van der Waals surface area contributed by atoms with Crippen molar-refractivity contribution in [3.63, 3.8) is 0 Å². The second-order valence-corrected chi connectivity index (χ2v) is 3.74. The molecular formula is C14H13NO2. The molecule has 2 aromatic rings. The van der Waals surface area contributed by atoms with Gasteiger partial charge in [0.1, 0.15) is 5.75 Å². The van der Waals surface area contributed by atoms with E-state index in [1.165, 1.54) is 0 Å². The summed E-state index contributed by atoms with van der Waals surface area (Å²) in [6, 6.07) is 7.33. The number of aromatic hydroxyl groups is 1. The number of phenolic OH excluding ortho intramolecular Hbond substituents is 1. The number of benzene rings is 1. The van der Waals surface area contributed by atoms with Crippen LogP contribution in [0.1, 0.15) is 22.8 Å². The van der Waals surface area contributed by atoms with E-state index >= 15 is 0 Å². The van der Waals surface area contributed by atoms with Crippen LogP contribution >= 0.6 is 0 Å². The number of carbonyl (C=O) groups excluding carboxylic acids is 1. The number of nitrogens with zero attached hydrogens (tertiary/aromatic N) is 1. The number of hydrogen-bond donors (Lipinski definition) is 1. The molecule has 0 bridgehead atoms. The normalized spacial score (nSPS) is 10.2. The second kappa shape index (κ2) is 4.78. The van der Waals surface area contributed by atoms with Gasteiger partial charge in [-0.25, -0.2) is 0 Å². The molecular weight excluding hydrogens is 214 g/mol. The summed E-state index contributed by atoms with van der Waals surface area (Å²) in [6.45, 7) is 1.94. The molecule has 1 aromatic heterocycles. The van der Waals surface area contributed by atoms with Crippen LogP contribution in [0.3, 0.4) is 0 Å². The van der Waals surface area contributed by atoms with E-state index in [9.17, 15) is 9.90 Å². The van der Waals surface area contributed by atoms with Crippen molar-refractivity contribution in [2.24, 2.45) is 0 Å². The average Bonchev–Trinajstić information content (AvgIpc) is 2.39. The number of rotatable bonds is 3. The van der Waals surface area contributed by atoms with Gasteiger partial charge in [-0.15, -0.1) is 0 Å². The lowest BCUT2D eigenvalue weighted by molar-refractivity contribution is 0.112. The van der Waals surface area contributed by atoms with E-state index in [0.717, 1.165) is 16.7 Å². The summed E-state index contributed by atoms with van der Waals surface area (Å²) in [5.74, 6) is 0.0804. The van der Waals surface area contributed by atoms with E-state index in [1.807, 2.05) is 31.2 Å². The number of carbonyl (C=O) groups is 1. The molecule has 3 nitrogen and oxygen atoms in total. The number of aldehydes is 1. The van der Waals surface area contributed by atoms with Gasteiger partial charge >= 0.3 is 0 Å². The smallest absolute Gasteiger partial charge is 0.154 e. The maximum absolute atomic E-state index is 11.1. The summed E-state index contributed by atoms with van der Waals surface area (Å²) in [5.41, 5.74) is 2.73. The van der Waals surface area contributed by atoms with Crippen LogP contribution in [0.15, 0.2) is 36.7 Å². The molecule has 3 heteroatoms. The Kier molecular flexibility index (Phi) is 3.19. The van der Waals surface area contributed by atoms with Crippen LogP contribution in [0.25, 0.3) is 11.1 Å². The zero-order chi connectivity index (χ0) is 12.3. The van der Waals surface area contributed by atoms with Gasteiger partial charge in [0.15, 0.2) is 6.29 Å². The van der Waals surface area contributed by atoms with Gasteiger partial charge in [0, 0.05) is 12.4 Å². The zero-order valence-electron chi connectivity index (χ0n) is 9.55. The molecule has 0 radical (unpaired) electrons. The molecule has 2 rings (SSSR count). The molecule has 0 atom stereocenters. The summed E-state index contributed by atoms with van der Waals surface area (Å²) >= 11 is 0. The topological polar surface area (TPSA) is 50.2 Å². The predicted molar refractivity (Wildman–Crippen MR) is 66.1 cm³/mol. The van der Waals surface area contributed by atoms with Gasteiger partial charge in [-0.05, 0) is 35.2 Å². The molecule has 1 N–H and O–H groups in total. The van der Waals surface area contributed by atoms with Crippen molar-refractivity contribution in [3.05, 3.63) is 47.8 Å². The monoisotopic (exact) mass is 227 g/mol. The highest BCUT2D eigenvalue weighted by molar-refractivity contribution is 5.91. The van der Waals surface area contributed by atoms with E-state index in [4.69, 9.17) is 0 Å². The highest BCUT2D eigenvalue weighted by Crippen LogP contribution is 2.31. The van der Waals surface area contributed by atoms with Crippen molar-refractivity contribution < 1.29 is 9.90 Å². The van der Waals surface area contributed by atoms with E-state index in [1.54, 1.807) is 12.4 Å². The van der Waals surface area contributed by atoms with Crippen LogP contribution in [0.2, 0.25) is 0 Å². The Bertz CT molecular complexity index is 535. The fraction of sp³-hybridized carbons (Fsp3) is 0.143. The third-order valence-corrected chi connectivity index (χ3v) is 2.79. The summed E-state index contributed by atoms with van der Waals surface area (Å²) in [7, 11) is 0. The van der Waals surface area contributed by atoms with Gasteiger partial charge < -0.3 is 5.11 Å². The Balaban J connectivity index is 2.64. The van der Waals surface area contributed by atoms with Crippen molar-refractivity contribution in [3.8, 4) is 16.9 Å². The lowest BCUT2D eigenvalue weighted by Crippen LogP contribution is -1.93. The Morgan fingerprint density at radius 3 is 2.53 bits per heavy atom. The molecule has 0 aliphatic carbocycles. The fourth-order valence-electron chi connectivity index (χ4n) is 1.84. The number of aromatic nitrogens is 1. The largest absolute Gasteiger partial charge is 0.507 e. The summed E-state index contributed by atoms with van der Waals surface area (Å²) in [4.78, 5) is 15.0. The standard InChI is InChI=1S/C14H13NO2/c1-2-10-3-4-12(13(9-16)14(10)17)11-5-7-15-8-6-11/h3-9,17H,2H2,1H3. The molecule has 1 aromatic carbocycles. The molecule has 0 aliphatic rings. The van der Waals surface area contributed by atoms with Crippen molar-refractivity contribution >= 4 is 6.29 Å².